The van der Waals surface area contributed by atoms with Gasteiger partial charge in [-0.15, -0.1) is 45.3 Å². The Hall–Kier alpha value is -5.34. The fourth-order valence-electron chi connectivity index (χ4n) is 5.87. The van der Waals surface area contributed by atoms with Crippen LogP contribution in [0.15, 0.2) is 58.5 Å². The van der Waals surface area contributed by atoms with E-state index in [1.165, 1.54) is 44.9 Å². The van der Waals surface area contributed by atoms with Crippen LogP contribution in [0, 0.1) is 45.3 Å². The van der Waals surface area contributed by atoms with Gasteiger partial charge in [0.25, 0.3) is 0 Å². The molecule has 0 bridgehead atoms. The van der Waals surface area contributed by atoms with E-state index in [1.54, 1.807) is 49.0 Å². The van der Waals surface area contributed by atoms with Gasteiger partial charge in [-0.25, -0.2) is 9.98 Å². The maximum Gasteiger partial charge on any atom is 0.219 e. The molecule has 0 aliphatic heterocycles. The molecule has 7 rings (SSSR count). The Labute approximate surface area is 285 Å². The molecule has 1 aliphatic carbocycles. The second kappa shape index (κ2) is 11.5. The van der Waals surface area contributed by atoms with Crippen molar-refractivity contribution < 1.29 is 9.47 Å². The summed E-state index contributed by atoms with van der Waals surface area (Å²) in [7, 11) is 3.21. The van der Waals surface area contributed by atoms with Crippen LogP contribution in [0.3, 0.4) is 0 Å². The van der Waals surface area contributed by atoms with Crippen LogP contribution in [0.2, 0.25) is 0 Å². The minimum atomic E-state index is -0.224. The van der Waals surface area contributed by atoms with Gasteiger partial charge >= 0.3 is 0 Å². The lowest BCUT2D eigenvalue weighted by molar-refractivity contribution is 0.418. The van der Waals surface area contributed by atoms with Crippen molar-refractivity contribution in [3.8, 4) is 66.4 Å². The average Bonchev–Trinajstić information content (AvgIpc) is 3.89. The molecular weight excluding hydrogens is 665 g/mol. The van der Waals surface area contributed by atoms with Crippen LogP contribution in [-0.2, 0) is 5.41 Å². The normalized spacial score (nSPS) is 12.3. The summed E-state index contributed by atoms with van der Waals surface area (Å²) in [6, 6.07) is 24.3. The lowest BCUT2D eigenvalue weighted by atomic mass is 9.82. The molecule has 0 unspecified atom stereocenters. The molecule has 0 saturated carbocycles. The van der Waals surface area contributed by atoms with Gasteiger partial charge in [0.05, 0.1) is 24.0 Å². The molecule has 4 aromatic heterocycles. The average molecular weight is 685 g/mol. The fraction of sp³-hybridized carbons (Fsp3) is 0.143. The summed E-state index contributed by atoms with van der Waals surface area (Å²) < 4.78 is 13.6. The molecule has 12 heteroatoms. The third-order valence-corrected chi connectivity index (χ3v) is 12.7. The van der Waals surface area contributed by atoms with Crippen LogP contribution in [-0.4, -0.2) is 25.6 Å². The van der Waals surface area contributed by atoms with Gasteiger partial charge in [0, 0.05) is 36.7 Å². The molecular formula is C35H20N6O2S4. The molecule has 1 aliphatic rings. The Morgan fingerprint density at radius 3 is 1.36 bits per heavy atom. The maximum atomic E-state index is 9.15. The molecule has 0 fully saturated rings. The van der Waals surface area contributed by atoms with Crippen LogP contribution in [0.5, 0.6) is 11.5 Å². The molecule has 226 valence electrons. The first-order chi connectivity index (χ1) is 22.7. The van der Waals surface area contributed by atoms with E-state index < -0.39 is 0 Å². The molecule has 47 heavy (non-hydrogen) atoms. The molecule has 0 N–H and O–H groups in total. The number of thiophene rings is 4. The van der Waals surface area contributed by atoms with E-state index >= 15 is 0 Å². The number of hydrogen-bond acceptors (Lipinski definition) is 12. The van der Waals surface area contributed by atoms with Crippen molar-refractivity contribution in [1.82, 2.24) is 0 Å². The highest BCUT2D eigenvalue weighted by Gasteiger charge is 2.36. The summed E-state index contributed by atoms with van der Waals surface area (Å²) >= 11 is 6.13. The predicted octanol–water partition coefficient (Wildman–Crippen LogP) is 10.1. The van der Waals surface area contributed by atoms with E-state index in [4.69, 9.17) is 30.5 Å². The topological polar surface area (TPSA) is 138 Å². The largest absolute Gasteiger partial charge is 0.495 e. The van der Waals surface area contributed by atoms with E-state index in [9.17, 15) is 0 Å². The van der Waals surface area contributed by atoms with Gasteiger partial charge in [0.15, 0.2) is 0 Å². The quantitative estimate of drug-likeness (QED) is 0.160. The number of fused-ring (bicyclic) bond motifs is 5. The molecule has 0 atom stereocenters. The summed E-state index contributed by atoms with van der Waals surface area (Å²) in [5.41, 5.74) is 4.35. The zero-order chi connectivity index (χ0) is 33.0. The van der Waals surface area contributed by atoms with E-state index in [2.05, 4.69) is 60.2 Å². The summed E-state index contributed by atoms with van der Waals surface area (Å²) in [5, 5.41) is 40.0. The van der Waals surface area contributed by atoms with Gasteiger partial charge in [-0.2, -0.15) is 21.0 Å². The summed E-state index contributed by atoms with van der Waals surface area (Å²) in [5.74, 6) is 1.31. The maximum absolute atomic E-state index is 9.15. The second-order valence-corrected chi connectivity index (χ2v) is 15.3. The van der Waals surface area contributed by atoms with E-state index in [0.29, 0.717) is 21.5 Å². The van der Waals surface area contributed by atoms with Crippen molar-refractivity contribution in [2.24, 2.45) is 9.98 Å². The van der Waals surface area contributed by atoms with E-state index in [1.807, 2.05) is 24.3 Å². The van der Waals surface area contributed by atoms with Crippen LogP contribution in [0.4, 0.5) is 10.0 Å². The Morgan fingerprint density at radius 2 is 1.00 bits per heavy atom. The SMILES string of the molecule is COc1cc(N=C(C#N)C#N)sc1-c1cc2cc3c(cc2s1)-c1cc2sc(-c4sc(N=C(C#N)C#N)cc4OC)cc2cc1C3(C)C. The number of nitriles is 4. The number of rotatable bonds is 6. The first-order valence-corrected chi connectivity index (χ1v) is 17.3. The van der Waals surface area contributed by atoms with Crippen LogP contribution < -0.4 is 9.47 Å². The number of nitrogens with zero attached hydrogens (tertiary/aromatic N) is 6. The van der Waals surface area contributed by atoms with Crippen LogP contribution in [0.1, 0.15) is 25.0 Å². The van der Waals surface area contributed by atoms with Crippen LogP contribution >= 0.6 is 45.3 Å². The fourth-order valence-corrected chi connectivity index (χ4v) is 10.3. The minimum Gasteiger partial charge on any atom is -0.495 e. The summed E-state index contributed by atoms with van der Waals surface area (Å²) in [4.78, 5) is 12.2. The third kappa shape index (κ3) is 4.96. The molecule has 4 heterocycles. The Bertz CT molecular complexity index is 2330. The van der Waals surface area contributed by atoms with Crippen molar-refractivity contribution >= 4 is 86.9 Å². The number of hydrogen-bond donors (Lipinski definition) is 0. The van der Waals surface area contributed by atoms with Crippen molar-refractivity contribution in [3.05, 3.63) is 59.7 Å². The zero-order valence-electron chi connectivity index (χ0n) is 25.3. The van der Waals surface area contributed by atoms with Crippen molar-refractivity contribution in [1.29, 1.82) is 21.0 Å². The van der Waals surface area contributed by atoms with E-state index in [0.717, 1.165) is 39.7 Å². The molecule has 2 aromatic carbocycles. The van der Waals surface area contributed by atoms with Gasteiger partial charge < -0.3 is 9.47 Å². The standard InChI is InChI=1S/C35H20N6O2S4/c1-35(2)23-5-17-7-29(33-25(42-3)11-31(46-33)40-19(13-36)14-37)44-27(17)9-21(23)22-10-28-18(6-24(22)35)8-30(45-28)34-26(43-4)12-32(47-34)41-20(15-38)16-39/h5-12H,1-4H3. The minimum absolute atomic E-state index is 0.195. The Balaban J connectivity index is 1.31. The second-order valence-electron chi connectivity index (χ2n) is 11.0. The molecule has 0 spiro atoms. The number of aliphatic imine (C=N–C) groups is 2. The monoisotopic (exact) mass is 684 g/mol. The number of methoxy groups -OCH3 is 2. The highest BCUT2D eigenvalue weighted by molar-refractivity contribution is 7.28. The van der Waals surface area contributed by atoms with Crippen molar-refractivity contribution in [2.45, 2.75) is 19.3 Å². The van der Waals surface area contributed by atoms with Gasteiger partial charge in [-0.3, -0.25) is 0 Å². The zero-order valence-corrected chi connectivity index (χ0v) is 28.5. The predicted molar refractivity (Wildman–Crippen MR) is 191 cm³/mol. The third-order valence-electron chi connectivity index (χ3n) is 8.07. The van der Waals surface area contributed by atoms with Crippen molar-refractivity contribution in [3.63, 3.8) is 0 Å². The number of benzene rings is 2. The highest BCUT2D eigenvalue weighted by atomic mass is 32.1. The van der Waals surface area contributed by atoms with Crippen molar-refractivity contribution in [2.75, 3.05) is 14.2 Å². The van der Waals surface area contributed by atoms with Gasteiger partial charge in [-0.05, 0) is 69.4 Å². The first-order valence-electron chi connectivity index (χ1n) is 14.0. The molecule has 8 nitrogen and oxygen atoms in total. The summed E-state index contributed by atoms with van der Waals surface area (Å²) in [6.45, 7) is 4.53. The Kier molecular flexibility index (Phi) is 7.40. The lowest BCUT2D eigenvalue weighted by Crippen LogP contribution is -2.14. The van der Waals surface area contributed by atoms with Gasteiger partial charge in [-0.1, -0.05) is 13.8 Å². The molecule has 6 aromatic rings. The molecule has 0 amide bonds. The Morgan fingerprint density at radius 1 is 0.596 bits per heavy atom. The molecule has 0 saturated heterocycles. The van der Waals surface area contributed by atoms with E-state index in [-0.39, 0.29) is 16.8 Å². The summed E-state index contributed by atoms with van der Waals surface area (Å²) in [6.07, 6.45) is 0. The van der Waals surface area contributed by atoms with Gasteiger partial charge in [0.2, 0.25) is 11.4 Å². The smallest absolute Gasteiger partial charge is 0.219 e. The lowest BCUT2D eigenvalue weighted by Gasteiger charge is -2.21. The first kappa shape index (κ1) is 30.3. The highest BCUT2D eigenvalue weighted by Crippen LogP contribution is 2.55. The van der Waals surface area contributed by atoms with Crippen LogP contribution in [0.25, 0.3) is 50.8 Å². The number of ether oxygens (including phenoxy) is 2. The molecule has 0 radical (unpaired) electrons. The van der Waals surface area contributed by atoms with Gasteiger partial charge in [0.1, 0.15) is 45.8 Å².